The summed E-state index contributed by atoms with van der Waals surface area (Å²) < 4.78 is 5.68. The molecular weight excluding hydrogens is 236 g/mol. The van der Waals surface area contributed by atoms with Crippen molar-refractivity contribution in [3.63, 3.8) is 0 Å². The molecule has 0 N–H and O–H groups in total. The molecule has 0 aliphatic rings. The normalized spacial score (nSPS) is 13.7. The van der Waals surface area contributed by atoms with Gasteiger partial charge in [-0.15, -0.1) is 0 Å². The van der Waals surface area contributed by atoms with Crippen molar-refractivity contribution >= 4 is 16.8 Å². The number of hydrogen-bond donors (Lipinski definition) is 0. The Labute approximate surface area is 114 Å². The van der Waals surface area contributed by atoms with Gasteiger partial charge in [-0.3, -0.25) is 4.79 Å². The van der Waals surface area contributed by atoms with Gasteiger partial charge in [-0.1, -0.05) is 40.7 Å². The average Bonchev–Trinajstić information content (AvgIpc) is 2.78. The zero-order valence-corrected chi connectivity index (χ0v) is 12.4. The van der Waals surface area contributed by atoms with Gasteiger partial charge in [-0.2, -0.15) is 0 Å². The summed E-state index contributed by atoms with van der Waals surface area (Å²) in [6.07, 6.45) is 1.11. The molecule has 0 bridgehead atoms. The fourth-order valence-corrected chi connectivity index (χ4v) is 2.09. The Morgan fingerprint density at radius 1 is 1.26 bits per heavy atom. The molecule has 0 aliphatic carbocycles. The predicted molar refractivity (Wildman–Crippen MR) is 78.7 cm³/mol. The lowest BCUT2D eigenvalue weighted by Gasteiger charge is -2.13. The van der Waals surface area contributed by atoms with Crippen molar-refractivity contribution in [2.75, 3.05) is 0 Å². The summed E-state index contributed by atoms with van der Waals surface area (Å²) in [5, 5.41) is 1.02. The number of ketones is 1. The van der Waals surface area contributed by atoms with E-state index in [1.165, 1.54) is 5.56 Å². The SMILES string of the molecule is CCC(C)c1ccc2oc(C(=O)C(C)(C)C)cc2c1. The number of benzene rings is 1. The van der Waals surface area contributed by atoms with Gasteiger partial charge in [0.2, 0.25) is 5.78 Å². The number of carbonyl (C=O) groups excluding carboxylic acids is 1. The number of Topliss-reactive ketones (excluding diaryl/α,β-unsaturated/α-hetero) is 1. The van der Waals surface area contributed by atoms with Crippen LogP contribution in [0.4, 0.5) is 0 Å². The summed E-state index contributed by atoms with van der Waals surface area (Å²) in [5.74, 6) is 1.04. The van der Waals surface area contributed by atoms with Crippen LogP contribution in [0.1, 0.15) is 63.1 Å². The van der Waals surface area contributed by atoms with E-state index in [0.717, 1.165) is 17.4 Å². The third-order valence-electron chi connectivity index (χ3n) is 3.63. The number of hydrogen-bond acceptors (Lipinski definition) is 2. The third kappa shape index (κ3) is 2.73. The molecule has 102 valence electrons. The van der Waals surface area contributed by atoms with E-state index in [-0.39, 0.29) is 5.78 Å². The van der Waals surface area contributed by atoms with E-state index in [1.807, 2.05) is 32.9 Å². The lowest BCUT2D eigenvalue weighted by Crippen LogP contribution is -2.19. The van der Waals surface area contributed by atoms with Crippen LogP contribution in [-0.2, 0) is 0 Å². The molecule has 1 atom stereocenters. The molecule has 0 fully saturated rings. The average molecular weight is 258 g/mol. The van der Waals surface area contributed by atoms with Crippen molar-refractivity contribution in [3.05, 3.63) is 35.6 Å². The van der Waals surface area contributed by atoms with Crippen molar-refractivity contribution in [1.29, 1.82) is 0 Å². The highest BCUT2D eigenvalue weighted by Gasteiger charge is 2.26. The van der Waals surface area contributed by atoms with Crippen LogP contribution in [0, 0.1) is 5.41 Å². The Bertz CT molecular complexity index is 599. The summed E-state index contributed by atoms with van der Waals surface area (Å²) in [7, 11) is 0. The number of fused-ring (bicyclic) bond motifs is 1. The molecule has 0 saturated heterocycles. The second-order valence-electron chi connectivity index (χ2n) is 6.30. The largest absolute Gasteiger partial charge is 0.453 e. The fraction of sp³-hybridized carbons (Fsp3) is 0.471. The number of rotatable bonds is 3. The van der Waals surface area contributed by atoms with Crippen LogP contribution in [0.3, 0.4) is 0 Å². The first kappa shape index (κ1) is 13.9. The monoisotopic (exact) mass is 258 g/mol. The maximum absolute atomic E-state index is 12.2. The van der Waals surface area contributed by atoms with Gasteiger partial charge in [0.05, 0.1) is 0 Å². The molecule has 0 saturated carbocycles. The van der Waals surface area contributed by atoms with Crippen LogP contribution in [0.5, 0.6) is 0 Å². The summed E-state index contributed by atoms with van der Waals surface area (Å²) in [6, 6.07) is 8.06. The standard InChI is InChI=1S/C17H22O2/c1-6-11(2)12-7-8-14-13(9-12)10-15(19-14)16(18)17(3,4)5/h7-11H,6H2,1-5H3. The minimum atomic E-state index is -0.409. The molecule has 19 heavy (non-hydrogen) atoms. The van der Waals surface area contributed by atoms with Crippen molar-refractivity contribution in [3.8, 4) is 0 Å². The molecule has 1 heterocycles. The van der Waals surface area contributed by atoms with Crippen molar-refractivity contribution in [1.82, 2.24) is 0 Å². The molecular formula is C17H22O2. The van der Waals surface area contributed by atoms with Crippen LogP contribution < -0.4 is 0 Å². The van der Waals surface area contributed by atoms with E-state index < -0.39 is 5.41 Å². The minimum Gasteiger partial charge on any atom is -0.453 e. The van der Waals surface area contributed by atoms with Gasteiger partial charge in [0, 0.05) is 10.8 Å². The maximum Gasteiger partial charge on any atom is 0.203 e. The van der Waals surface area contributed by atoms with Crippen molar-refractivity contribution in [2.24, 2.45) is 5.41 Å². The Morgan fingerprint density at radius 3 is 2.53 bits per heavy atom. The van der Waals surface area contributed by atoms with Gasteiger partial charge in [0.15, 0.2) is 5.76 Å². The van der Waals surface area contributed by atoms with E-state index in [0.29, 0.717) is 11.7 Å². The van der Waals surface area contributed by atoms with Gasteiger partial charge in [-0.25, -0.2) is 0 Å². The van der Waals surface area contributed by atoms with Gasteiger partial charge in [0.1, 0.15) is 5.58 Å². The van der Waals surface area contributed by atoms with E-state index >= 15 is 0 Å². The van der Waals surface area contributed by atoms with Gasteiger partial charge < -0.3 is 4.42 Å². The van der Waals surface area contributed by atoms with E-state index in [4.69, 9.17) is 4.42 Å². The van der Waals surface area contributed by atoms with Crippen LogP contribution in [0.25, 0.3) is 11.0 Å². The number of furan rings is 1. The van der Waals surface area contributed by atoms with Crippen LogP contribution in [0.2, 0.25) is 0 Å². The molecule has 0 radical (unpaired) electrons. The van der Waals surface area contributed by atoms with E-state index in [2.05, 4.69) is 26.0 Å². The Balaban J connectivity index is 2.44. The Morgan fingerprint density at radius 2 is 1.95 bits per heavy atom. The van der Waals surface area contributed by atoms with Gasteiger partial charge >= 0.3 is 0 Å². The molecule has 1 aromatic carbocycles. The molecule has 2 aromatic rings. The Kier molecular flexibility index (Phi) is 3.53. The lowest BCUT2D eigenvalue weighted by atomic mass is 9.89. The lowest BCUT2D eigenvalue weighted by molar-refractivity contribution is 0.0831. The summed E-state index contributed by atoms with van der Waals surface area (Å²) in [4.78, 5) is 12.2. The maximum atomic E-state index is 12.2. The highest BCUT2D eigenvalue weighted by Crippen LogP contribution is 2.29. The third-order valence-corrected chi connectivity index (χ3v) is 3.63. The van der Waals surface area contributed by atoms with Gasteiger partial charge in [-0.05, 0) is 36.1 Å². The fourth-order valence-electron chi connectivity index (χ4n) is 2.09. The molecule has 0 spiro atoms. The predicted octanol–water partition coefficient (Wildman–Crippen LogP) is 5.18. The highest BCUT2D eigenvalue weighted by atomic mass is 16.3. The first-order chi connectivity index (χ1) is 8.82. The second-order valence-corrected chi connectivity index (χ2v) is 6.30. The van der Waals surface area contributed by atoms with Crippen LogP contribution in [-0.4, -0.2) is 5.78 Å². The molecule has 2 nitrogen and oxygen atoms in total. The molecule has 2 rings (SSSR count). The molecule has 0 aliphatic heterocycles. The molecule has 0 amide bonds. The quantitative estimate of drug-likeness (QED) is 0.710. The number of carbonyl (C=O) groups is 1. The van der Waals surface area contributed by atoms with E-state index in [9.17, 15) is 4.79 Å². The first-order valence-electron chi connectivity index (χ1n) is 6.91. The Hall–Kier alpha value is -1.57. The molecule has 2 heteroatoms. The zero-order valence-electron chi connectivity index (χ0n) is 12.4. The first-order valence-corrected chi connectivity index (χ1v) is 6.91. The van der Waals surface area contributed by atoms with Gasteiger partial charge in [0.25, 0.3) is 0 Å². The van der Waals surface area contributed by atoms with E-state index in [1.54, 1.807) is 0 Å². The smallest absolute Gasteiger partial charge is 0.203 e. The van der Waals surface area contributed by atoms with Crippen LogP contribution >= 0.6 is 0 Å². The van der Waals surface area contributed by atoms with Crippen molar-refractivity contribution in [2.45, 2.75) is 47.0 Å². The highest BCUT2D eigenvalue weighted by molar-refractivity contribution is 6.00. The zero-order chi connectivity index (χ0) is 14.2. The molecule has 1 aromatic heterocycles. The summed E-state index contributed by atoms with van der Waals surface area (Å²) in [5.41, 5.74) is 1.68. The summed E-state index contributed by atoms with van der Waals surface area (Å²) in [6.45, 7) is 10.1. The molecule has 1 unspecified atom stereocenters. The minimum absolute atomic E-state index is 0.0498. The topological polar surface area (TPSA) is 30.2 Å². The second kappa shape index (κ2) is 4.84. The van der Waals surface area contributed by atoms with Crippen molar-refractivity contribution < 1.29 is 9.21 Å². The summed E-state index contributed by atoms with van der Waals surface area (Å²) >= 11 is 0. The van der Waals surface area contributed by atoms with Crippen LogP contribution in [0.15, 0.2) is 28.7 Å².